The average Bonchev–Trinajstić information content (AvgIpc) is 3.08. The molecule has 3 rings (SSSR count). The second-order valence-corrected chi connectivity index (χ2v) is 9.97. The number of halogens is 1. The topological polar surface area (TPSA) is 64.8 Å². The molecule has 0 aromatic carbocycles. The number of nitrogens with zero attached hydrogens (tertiary/aromatic N) is 3. The van der Waals surface area contributed by atoms with Crippen LogP contribution in [0.1, 0.15) is 23.0 Å². The van der Waals surface area contributed by atoms with Crippen LogP contribution in [0.15, 0.2) is 17.3 Å². The lowest BCUT2D eigenvalue weighted by Gasteiger charge is -2.07. The average molecular weight is 364 g/mol. The molecule has 1 aliphatic rings. The van der Waals surface area contributed by atoms with Crippen LogP contribution in [0.4, 0.5) is 0 Å². The van der Waals surface area contributed by atoms with Crippen molar-refractivity contribution in [1.82, 2.24) is 14.8 Å². The Morgan fingerprint density at radius 1 is 1.48 bits per heavy atom. The highest BCUT2D eigenvalue weighted by atomic mass is 35.5. The molecule has 0 radical (unpaired) electrons. The van der Waals surface area contributed by atoms with Crippen LogP contribution in [-0.4, -0.2) is 34.7 Å². The SMILES string of the molecule is Cn1c(SCc2ccc(Cl)s2)nnc1C1CCS(=O)(=O)C1. The number of rotatable bonds is 4. The van der Waals surface area contributed by atoms with Gasteiger partial charge in [0.1, 0.15) is 5.82 Å². The van der Waals surface area contributed by atoms with E-state index in [1.165, 1.54) is 4.88 Å². The standard InChI is InChI=1S/C12H14ClN3O2S3/c1-16-11(8-4-5-21(17,18)7-8)14-15-12(16)19-6-9-2-3-10(13)20-9/h2-3,8H,4-7H2,1H3. The fraction of sp³-hybridized carbons (Fsp3) is 0.500. The molecular formula is C12H14ClN3O2S3. The van der Waals surface area contributed by atoms with Crippen molar-refractivity contribution in [2.24, 2.45) is 7.05 Å². The summed E-state index contributed by atoms with van der Waals surface area (Å²) in [5.74, 6) is 1.96. The van der Waals surface area contributed by atoms with Crippen molar-refractivity contribution in [3.8, 4) is 0 Å². The van der Waals surface area contributed by atoms with Crippen molar-refractivity contribution in [2.45, 2.75) is 23.2 Å². The molecule has 0 aliphatic carbocycles. The maximum atomic E-state index is 11.6. The Hall–Kier alpha value is -0.570. The van der Waals surface area contributed by atoms with Crippen LogP contribution < -0.4 is 0 Å². The molecule has 0 amide bonds. The van der Waals surface area contributed by atoms with E-state index in [9.17, 15) is 8.42 Å². The minimum atomic E-state index is -2.90. The minimum absolute atomic E-state index is 0.0296. The normalized spacial score (nSPS) is 21.0. The van der Waals surface area contributed by atoms with Gasteiger partial charge in [-0.2, -0.15) is 0 Å². The zero-order chi connectivity index (χ0) is 15.0. The molecule has 1 atom stereocenters. The van der Waals surface area contributed by atoms with Gasteiger partial charge in [-0.1, -0.05) is 23.4 Å². The molecule has 1 fully saturated rings. The first kappa shape index (κ1) is 15.3. The van der Waals surface area contributed by atoms with Gasteiger partial charge in [-0.05, 0) is 18.6 Å². The first-order valence-electron chi connectivity index (χ1n) is 6.41. The summed E-state index contributed by atoms with van der Waals surface area (Å²) in [5.41, 5.74) is 0. The van der Waals surface area contributed by atoms with E-state index in [-0.39, 0.29) is 17.4 Å². The molecule has 1 saturated heterocycles. The van der Waals surface area contributed by atoms with Crippen molar-refractivity contribution >= 4 is 44.5 Å². The van der Waals surface area contributed by atoms with Crippen LogP contribution in [0.3, 0.4) is 0 Å². The lowest BCUT2D eigenvalue weighted by molar-refractivity contribution is 0.599. The van der Waals surface area contributed by atoms with Crippen molar-refractivity contribution < 1.29 is 8.42 Å². The smallest absolute Gasteiger partial charge is 0.191 e. The van der Waals surface area contributed by atoms with E-state index < -0.39 is 9.84 Å². The summed E-state index contributed by atoms with van der Waals surface area (Å²) in [5, 5.41) is 9.17. The first-order valence-corrected chi connectivity index (χ1v) is 10.4. The Bertz CT molecular complexity index is 754. The molecule has 0 bridgehead atoms. The summed E-state index contributed by atoms with van der Waals surface area (Å²) in [7, 11) is -1.01. The van der Waals surface area contributed by atoms with Crippen molar-refractivity contribution in [1.29, 1.82) is 0 Å². The second-order valence-electron chi connectivity index (χ2n) is 4.99. The van der Waals surface area contributed by atoms with Gasteiger partial charge >= 0.3 is 0 Å². The summed E-state index contributed by atoms with van der Waals surface area (Å²) >= 11 is 9.05. The highest BCUT2D eigenvalue weighted by molar-refractivity contribution is 7.98. The van der Waals surface area contributed by atoms with Gasteiger partial charge in [-0.15, -0.1) is 21.5 Å². The monoisotopic (exact) mass is 363 g/mol. The van der Waals surface area contributed by atoms with E-state index >= 15 is 0 Å². The molecule has 21 heavy (non-hydrogen) atoms. The summed E-state index contributed by atoms with van der Waals surface area (Å²) in [6, 6.07) is 3.88. The Morgan fingerprint density at radius 3 is 2.90 bits per heavy atom. The van der Waals surface area contributed by atoms with Crippen LogP contribution in [0.5, 0.6) is 0 Å². The van der Waals surface area contributed by atoms with Gasteiger partial charge in [0, 0.05) is 23.6 Å². The van der Waals surface area contributed by atoms with Crippen molar-refractivity contribution in [3.05, 3.63) is 27.2 Å². The lowest BCUT2D eigenvalue weighted by Crippen LogP contribution is -2.09. The van der Waals surface area contributed by atoms with E-state index in [4.69, 9.17) is 11.6 Å². The molecule has 3 heterocycles. The molecule has 1 aliphatic heterocycles. The van der Waals surface area contributed by atoms with Gasteiger partial charge in [-0.3, -0.25) is 0 Å². The molecule has 5 nitrogen and oxygen atoms in total. The third-order valence-corrected chi connectivity index (χ3v) is 7.69. The number of hydrogen-bond acceptors (Lipinski definition) is 6. The van der Waals surface area contributed by atoms with Gasteiger partial charge in [0.05, 0.1) is 15.8 Å². The number of thioether (sulfide) groups is 1. The lowest BCUT2D eigenvalue weighted by atomic mass is 10.1. The summed E-state index contributed by atoms with van der Waals surface area (Å²) < 4.78 is 25.8. The molecule has 0 saturated carbocycles. The summed E-state index contributed by atoms with van der Waals surface area (Å²) in [6.07, 6.45) is 0.638. The third-order valence-electron chi connectivity index (χ3n) is 3.44. The third kappa shape index (κ3) is 3.44. The maximum absolute atomic E-state index is 11.6. The van der Waals surface area contributed by atoms with E-state index in [0.717, 1.165) is 21.1 Å². The molecule has 2 aromatic heterocycles. The second kappa shape index (κ2) is 5.91. The zero-order valence-corrected chi connectivity index (χ0v) is 14.5. The largest absolute Gasteiger partial charge is 0.309 e. The zero-order valence-electron chi connectivity index (χ0n) is 11.3. The minimum Gasteiger partial charge on any atom is -0.309 e. The van der Waals surface area contributed by atoms with Gasteiger partial charge in [0.2, 0.25) is 0 Å². The molecule has 0 N–H and O–H groups in total. The molecule has 2 aromatic rings. The highest BCUT2D eigenvalue weighted by Gasteiger charge is 2.32. The first-order chi connectivity index (χ1) is 9.94. The highest BCUT2D eigenvalue weighted by Crippen LogP contribution is 2.31. The number of sulfone groups is 1. The number of hydrogen-bond donors (Lipinski definition) is 0. The predicted molar refractivity (Wildman–Crippen MR) is 85.9 cm³/mol. The quantitative estimate of drug-likeness (QED) is 0.781. The van der Waals surface area contributed by atoms with Gasteiger partial charge in [0.15, 0.2) is 15.0 Å². The fourth-order valence-corrected chi connectivity index (χ4v) is 6.16. The molecule has 9 heteroatoms. The Kier molecular flexibility index (Phi) is 4.31. The Labute approximate surface area is 136 Å². The van der Waals surface area contributed by atoms with Gasteiger partial charge < -0.3 is 4.57 Å². The van der Waals surface area contributed by atoms with Crippen molar-refractivity contribution in [2.75, 3.05) is 11.5 Å². The molecular weight excluding hydrogens is 350 g/mol. The van der Waals surface area contributed by atoms with Gasteiger partial charge in [0.25, 0.3) is 0 Å². The van der Waals surface area contributed by atoms with Crippen LogP contribution in [0.2, 0.25) is 4.34 Å². The predicted octanol–water partition coefficient (Wildman–Crippen LogP) is 2.72. The molecule has 0 spiro atoms. The van der Waals surface area contributed by atoms with Gasteiger partial charge in [-0.25, -0.2) is 8.42 Å². The molecule has 114 valence electrons. The Balaban J connectivity index is 1.71. The number of thiophene rings is 1. The van der Waals surface area contributed by atoms with Crippen LogP contribution >= 0.6 is 34.7 Å². The fourth-order valence-electron chi connectivity index (χ4n) is 2.37. The van der Waals surface area contributed by atoms with E-state index in [2.05, 4.69) is 10.2 Å². The van der Waals surface area contributed by atoms with Crippen molar-refractivity contribution in [3.63, 3.8) is 0 Å². The summed E-state index contributed by atoms with van der Waals surface area (Å²) in [6.45, 7) is 0. The van der Waals surface area contributed by atoms with E-state index in [1.54, 1.807) is 23.1 Å². The van der Waals surface area contributed by atoms with Crippen LogP contribution in [0, 0.1) is 0 Å². The van der Waals surface area contributed by atoms with E-state index in [0.29, 0.717) is 6.42 Å². The van der Waals surface area contributed by atoms with Crippen LogP contribution in [0.25, 0.3) is 0 Å². The number of aromatic nitrogens is 3. The van der Waals surface area contributed by atoms with Crippen LogP contribution in [-0.2, 0) is 22.6 Å². The summed E-state index contributed by atoms with van der Waals surface area (Å²) in [4.78, 5) is 1.18. The molecule has 1 unspecified atom stereocenters. The maximum Gasteiger partial charge on any atom is 0.191 e. The van der Waals surface area contributed by atoms with E-state index in [1.807, 2.05) is 23.7 Å². The Morgan fingerprint density at radius 2 is 2.29 bits per heavy atom.